The number of nitrogens with zero attached hydrogens (tertiary/aromatic N) is 3. The van der Waals surface area contributed by atoms with Crippen molar-refractivity contribution in [3.05, 3.63) is 54.2 Å². The maximum Gasteiger partial charge on any atom is 0.249 e. The average Bonchev–Trinajstić information content (AvgIpc) is 2.90. The Labute approximate surface area is 141 Å². The predicted octanol–water partition coefficient (Wildman–Crippen LogP) is 1.35. The van der Waals surface area contributed by atoms with Crippen molar-refractivity contribution < 1.29 is 13.2 Å². The molecule has 2 aliphatic rings. The highest BCUT2D eigenvalue weighted by Crippen LogP contribution is 2.35. The molecule has 2 aliphatic heterocycles. The van der Waals surface area contributed by atoms with Gasteiger partial charge in [-0.05, 0) is 24.7 Å². The van der Waals surface area contributed by atoms with Crippen LogP contribution in [0.15, 0.2) is 53.6 Å². The molecule has 4 rings (SSSR count). The summed E-state index contributed by atoms with van der Waals surface area (Å²) in [5.41, 5.74) is 0.960. The first-order valence-corrected chi connectivity index (χ1v) is 9.36. The largest absolute Gasteiger partial charge is 0.470 e. The fourth-order valence-corrected chi connectivity index (χ4v) is 5.11. The summed E-state index contributed by atoms with van der Waals surface area (Å²) in [7, 11) is -1.70. The van der Waals surface area contributed by atoms with E-state index in [9.17, 15) is 8.42 Å². The molecule has 3 heterocycles. The summed E-state index contributed by atoms with van der Waals surface area (Å²) in [6.07, 6.45) is 1.35. The van der Waals surface area contributed by atoms with Gasteiger partial charge in [-0.3, -0.25) is 0 Å². The molecule has 2 aromatic rings. The molecule has 1 fully saturated rings. The minimum absolute atomic E-state index is 0.151. The quantitative estimate of drug-likeness (QED) is 0.822. The van der Waals surface area contributed by atoms with Crippen LogP contribution in [0.3, 0.4) is 0 Å². The molecule has 0 amide bonds. The van der Waals surface area contributed by atoms with E-state index in [0.717, 1.165) is 5.56 Å². The number of sulfonamides is 1. The lowest BCUT2D eigenvalue weighted by Crippen LogP contribution is -2.46. The third-order valence-corrected chi connectivity index (χ3v) is 6.44. The molecule has 0 aliphatic carbocycles. The minimum atomic E-state index is -3.68. The lowest BCUT2D eigenvalue weighted by molar-refractivity contribution is 0.145. The molecular weight excluding hydrogens is 326 g/mol. The van der Waals surface area contributed by atoms with Gasteiger partial charge in [-0.2, -0.15) is 4.31 Å². The highest BCUT2D eigenvalue weighted by molar-refractivity contribution is 7.89. The molecule has 1 aromatic carbocycles. The first kappa shape index (κ1) is 15.6. The maximum absolute atomic E-state index is 13.3. The molecule has 6 nitrogen and oxygen atoms in total. The molecule has 126 valence electrons. The molecule has 2 atom stereocenters. The third-order valence-electron chi connectivity index (χ3n) is 4.56. The zero-order valence-corrected chi connectivity index (χ0v) is 14.2. The Bertz CT molecular complexity index is 841. The second-order valence-corrected chi connectivity index (χ2v) is 8.15. The number of pyridine rings is 1. The fourth-order valence-electron chi connectivity index (χ4n) is 3.41. The van der Waals surface area contributed by atoms with Gasteiger partial charge in [0.15, 0.2) is 0 Å². The van der Waals surface area contributed by atoms with Gasteiger partial charge in [-0.15, -0.1) is 0 Å². The smallest absolute Gasteiger partial charge is 0.249 e. The van der Waals surface area contributed by atoms with E-state index in [1.54, 1.807) is 22.6 Å². The molecule has 1 aromatic heterocycles. The highest BCUT2D eigenvalue weighted by Gasteiger charge is 2.46. The summed E-state index contributed by atoms with van der Waals surface area (Å²) in [6.45, 7) is 1.65. The van der Waals surface area contributed by atoms with Crippen LogP contribution < -0.4 is 4.74 Å². The van der Waals surface area contributed by atoms with Gasteiger partial charge in [0.2, 0.25) is 15.9 Å². The van der Waals surface area contributed by atoms with E-state index >= 15 is 0 Å². The number of hydrogen-bond donors (Lipinski definition) is 0. The molecular formula is C17H19N3O3S. The Balaban J connectivity index is 1.81. The zero-order valence-electron chi connectivity index (χ0n) is 13.4. The van der Waals surface area contributed by atoms with E-state index in [4.69, 9.17) is 4.74 Å². The van der Waals surface area contributed by atoms with Crippen LogP contribution in [0.5, 0.6) is 5.88 Å². The maximum atomic E-state index is 13.3. The Morgan fingerprint density at radius 3 is 2.75 bits per heavy atom. The number of ether oxygens (including phenoxy) is 1. The second kappa shape index (κ2) is 5.84. The van der Waals surface area contributed by atoms with Gasteiger partial charge < -0.3 is 9.64 Å². The van der Waals surface area contributed by atoms with Crippen LogP contribution in [0.1, 0.15) is 5.56 Å². The summed E-state index contributed by atoms with van der Waals surface area (Å²) in [5.74, 6) is 0.207. The standard InChI is InChI=1S/C17H19N3O3S/c1-19-11-14-15(12-19)23-17-16(8-5-9-18-17)24(21,22)20(14)10-13-6-3-2-4-7-13/h2-9,14-15H,10-12H2,1H3. The van der Waals surface area contributed by atoms with Crippen LogP contribution in [0.2, 0.25) is 0 Å². The van der Waals surface area contributed by atoms with E-state index in [2.05, 4.69) is 9.88 Å². The Morgan fingerprint density at radius 2 is 1.96 bits per heavy atom. The average molecular weight is 345 g/mol. The predicted molar refractivity (Wildman–Crippen MR) is 89.1 cm³/mol. The van der Waals surface area contributed by atoms with E-state index in [1.165, 1.54) is 0 Å². The van der Waals surface area contributed by atoms with Crippen molar-refractivity contribution >= 4 is 10.0 Å². The number of likely N-dealkylation sites (tertiary alicyclic amines) is 1. The third kappa shape index (κ3) is 2.58. The van der Waals surface area contributed by atoms with Crippen molar-refractivity contribution in [3.8, 4) is 5.88 Å². The first-order chi connectivity index (χ1) is 11.6. The van der Waals surface area contributed by atoms with Gasteiger partial charge >= 0.3 is 0 Å². The van der Waals surface area contributed by atoms with E-state index in [1.807, 2.05) is 37.4 Å². The summed E-state index contributed by atoms with van der Waals surface area (Å²) in [6, 6.07) is 12.6. The number of aromatic nitrogens is 1. The zero-order chi connectivity index (χ0) is 16.7. The van der Waals surface area contributed by atoms with Crippen molar-refractivity contribution in [2.24, 2.45) is 0 Å². The monoisotopic (exact) mass is 345 g/mol. The van der Waals surface area contributed by atoms with Crippen LogP contribution in [-0.2, 0) is 16.6 Å². The van der Waals surface area contributed by atoms with Gasteiger partial charge in [-0.25, -0.2) is 13.4 Å². The molecule has 0 saturated carbocycles. The Hall–Kier alpha value is -1.96. The topological polar surface area (TPSA) is 62.7 Å². The molecule has 0 bridgehead atoms. The Kier molecular flexibility index (Phi) is 3.79. The Morgan fingerprint density at radius 1 is 1.17 bits per heavy atom. The lowest BCUT2D eigenvalue weighted by atomic mass is 10.1. The van der Waals surface area contributed by atoms with Gasteiger partial charge in [0.1, 0.15) is 11.0 Å². The van der Waals surface area contributed by atoms with Gasteiger partial charge in [0, 0.05) is 25.8 Å². The number of rotatable bonds is 2. The summed E-state index contributed by atoms with van der Waals surface area (Å²) >= 11 is 0. The molecule has 0 spiro atoms. The second-order valence-electron chi connectivity index (χ2n) is 6.29. The van der Waals surface area contributed by atoms with Crippen molar-refractivity contribution in [1.29, 1.82) is 0 Å². The normalized spacial score (nSPS) is 26.2. The number of benzene rings is 1. The number of likely N-dealkylation sites (N-methyl/N-ethyl adjacent to an activating group) is 1. The van der Waals surface area contributed by atoms with Crippen LogP contribution in [-0.4, -0.2) is 54.9 Å². The first-order valence-electron chi connectivity index (χ1n) is 7.92. The minimum Gasteiger partial charge on any atom is -0.470 e. The van der Waals surface area contributed by atoms with Crippen molar-refractivity contribution in [2.75, 3.05) is 20.1 Å². The van der Waals surface area contributed by atoms with Gasteiger partial charge in [0.25, 0.3) is 0 Å². The van der Waals surface area contributed by atoms with Crippen LogP contribution >= 0.6 is 0 Å². The summed E-state index contributed by atoms with van der Waals surface area (Å²) < 4.78 is 34.1. The SMILES string of the molecule is CN1CC2Oc3ncccc3S(=O)(=O)N(Cc3ccccc3)C2C1. The molecule has 7 heteroatoms. The summed E-state index contributed by atoms with van der Waals surface area (Å²) in [4.78, 5) is 6.40. The molecule has 0 N–H and O–H groups in total. The van der Waals surface area contributed by atoms with Gasteiger partial charge in [0.05, 0.1) is 6.04 Å². The number of fused-ring (bicyclic) bond motifs is 2. The molecule has 0 radical (unpaired) electrons. The lowest BCUT2D eigenvalue weighted by Gasteiger charge is -2.28. The van der Waals surface area contributed by atoms with Crippen molar-refractivity contribution in [3.63, 3.8) is 0 Å². The molecule has 2 unspecified atom stereocenters. The van der Waals surface area contributed by atoms with Gasteiger partial charge in [-0.1, -0.05) is 30.3 Å². The van der Waals surface area contributed by atoms with E-state index in [0.29, 0.717) is 19.6 Å². The van der Waals surface area contributed by atoms with Crippen LogP contribution in [0.25, 0.3) is 0 Å². The number of hydrogen-bond acceptors (Lipinski definition) is 5. The molecule has 1 saturated heterocycles. The van der Waals surface area contributed by atoms with E-state index < -0.39 is 10.0 Å². The summed E-state index contributed by atoms with van der Waals surface area (Å²) in [5, 5.41) is 0. The fraction of sp³-hybridized carbons (Fsp3) is 0.353. The molecule has 24 heavy (non-hydrogen) atoms. The highest BCUT2D eigenvalue weighted by atomic mass is 32.2. The van der Waals surface area contributed by atoms with Crippen LogP contribution in [0.4, 0.5) is 0 Å². The van der Waals surface area contributed by atoms with E-state index in [-0.39, 0.29) is 22.9 Å². The van der Waals surface area contributed by atoms with Crippen molar-refractivity contribution in [1.82, 2.24) is 14.2 Å². The van der Waals surface area contributed by atoms with Crippen LogP contribution in [0, 0.1) is 0 Å². The van der Waals surface area contributed by atoms with Crippen molar-refractivity contribution in [2.45, 2.75) is 23.6 Å².